The minimum absolute atomic E-state index is 0.0498. The zero-order valence-electron chi connectivity index (χ0n) is 12.3. The van der Waals surface area contributed by atoms with E-state index in [4.69, 9.17) is 4.74 Å². The van der Waals surface area contributed by atoms with E-state index in [1.54, 1.807) is 25.1 Å². The topological polar surface area (TPSA) is 41.5 Å². The number of ether oxygens (including phenoxy) is 1. The summed E-state index contributed by atoms with van der Waals surface area (Å²) in [5, 5.41) is 13.0. The van der Waals surface area contributed by atoms with Crippen molar-refractivity contribution in [3.63, 3.8) is 0 Å². The van der Waals surface area contributed by atoms with Crippen molar-refractivity contribution in [1.82, 2.24) is 5.32 Å². The van der Waals surface area contributed by atoms with Crippen LogP contribution in [-0.2, 0) is 0 Å². The summed E-state index contributed by atoms with van der Waals surface area (Å²) >= 11 is 0. The molecule has 2 rings (SSSR count). The third kappa shape index (κ3) is 3.30. The van der Waals surface area contributed by atoms with Crippen molar-refractivity contribution < 1.29 is 14.2 Å². The minimum atomic E-state index is -0.281. The van der Waals surface area contributed by atoms with Gasteiger partial charge in [0.15, 0.2) is 11.6 Å². The molecule has 3 nitrogen and oxygen atoms in total. The molecule has 0 amide bonds. The summed E-state index contributed by atoms with van der Waals surface area (Å²) in [6.45, 7) is 4.67. The standard InChI is InChI=1S/C16H24FNO2/c1-3-18-16(11-19)9-5-7-13(10-16)20-14-8-4-6-12(2)15(14)17/h4,6,8,13,18-19H,3,5,7,9-11H2,1-2H3. The highest BCUT2D eigenvalue weighted by Crippen LogP contribution is 2.32. The first-order chi connectivity index (χ1) is 9.60. The van der Waals surface area contributed by atoms with Crippen LogP contribution in [0.25, 0.3) is 0 Å². The molecule has 0 radical (unpaired) electrons. The normalized spacial score (nSPS) is 26.5. The molecule has 0 aromatic heterocycles. The van der Waals surface area contributed by atoms with Gasteiger partial charge in [0.05, 0.1) is 6.61 Å². The van der Waals surface area contributed by atoms with Gasteiger partial charge in [-0.2, -0.15) is 0 Å². The molecule has 20 heavy (non-hydrogen) atoms. The highest BCUT2D eigenvalue weighted by Gasteiger charge is 2.36. The number of aliphatic hydroxyl groups excluding tert-OH is 1. The van der Waals surface area contributed by atoms with Gasteiger partial charge in [0.2, 0.25) is 0 Å². The fourth-order valence-electron chi connectivity index (χ4n) is 3.03. The number of benzene rings is 1. The second kappa shape index (κ2) is 6.55. The van der Waals surface area contributed by atoms with Crippen LogP contribution < -0.4 is 10.1 Å². The Labute approximate surface area is 120 Å². The van der Waals surface area contributed by atoms with Gasteiger partial charge in [-0.25, -0.2) is 4.39 Å². The number of halogens is 1. The lowest BCUT2D eigenvalue weighted by molar-refractivity contribution is 0.0500. The van der Waals surface area contributed by atoms with Crippen molar-refractivity contribution in [2.45, 2.75) is 51.2 Å². The molecule has 0 bridgehead atoms. The predicted octanol–water partition coefficient (Wildman–Crippen LogP) is 2.80. The number of rotatable bonds is 5. The Morgan fingerprint density at radius 2 is 2.30 bits per heavy atom. The first kappa shape index (κ1) is 15.3. The van der Waals surface area contributed by atoms with Gasteiger partial charge in [0.25, 0.3) is 0 Å². The van der Waals surface area contributed by atoms with Gasteiger partial charge < -0.3 is 15.2 Å². The molecule has 1 aliphatic rings. The maximum absolute atomic E-state index is 14.0. The van der Waals surface area contributed by atoms with Crippen LogP contribution in [-0.4, -0.2) is 29.9 Å². The molecule has 1 aromatic carbocycles. The third-order valence-corrected chi connectivity index (χ3v) is 4.10. The summed E-state index contributed by atoms with van der Waals surface area (Å²) in [4.78, 5) is 0. The number of nitrogens with one attached hydrogen (secondary N) is 1. The van der Waals surface area contributed by atoms with Gasteiger partial charge in [0, 0.05) is 12.0 Å². The number of hydrogen-bond acceptors (Lipinski definition) is 3. The Morgan fingerprint density at radius 3 is 3.00 bits per heavy atom. The van der Waals surface area contributed by atoms with Crippen molar-refractivity contribution in [3.8, 4) is 5.75 Å². The van der Waals surface area contributed by atoms with Gasteiger partial charge in [-0.3, -0.25) is 0 Å². The Morgan fingerprint density at radius 1 is 1.50 bits per heavy atom. The Hall–Kier alpha value is -1.13. The first-order valence-electron chi connectivity index (χ1n) is 7.38. The molecule has 0 heterocycles. The van der Waals surface area contributed by atoms with Crippen LogP contribution in [0.2, 0.25) is 0 Å². The van der Waals surface area contributed by atoms with Crippen molar-refractivity contribution in [1.29, 1.82) is 0 Å². The number of aliphatic hydroxyl groups is 1. The van der Waals surface area contributed by atoms with E-state index < -0.39 is 0 Å². The van der Waals surface area contributed by atoms with Gasteiger partial charge in [-0.05, 0) is 44.4 Å². The number of hydrogen-bond donors (Lipinski definition) is 2. The lowest BCUT2D eigenvalue weighted by Crippen LogP contribution is -2.53. The molecule has 2 atom stereocenters. The molecule has 2 N–H and O–H groups in total. The number of aryl methyl sites for hydroxylation is 1. The molecule has 1 aromatic rings. The molecule has 2 unspecified atom stereocenters. The first-order valence-corrected chi connectivity index (χ1v) is 7.38. The molecular formula is C16H24FNO2. The van der Waals surface area contributed by atoms with Crippen molar-refractivity contribution in [2.24, 2.45) is 0 Å². The summed E-state index contributed by atoms with van der Waals surface area (Å²) in [5.41, 5.74) is 0.316. The molecule has 1 aliphatic carbocycles. The zero-order chi connectivity index (χ0) is 14.6. The van der Waals surface area contributed by atoms with E-state index >= 15 is 0 Å². The third-order valence-electron chi connectivity index (χ3n) is 4.10. The Bertz CT molecular complexity index is 448. The summed E-state index contributed by atoms with van der Waals surface area (Å²) in [6, 6.07) is 5.21. The van der Waals surface area contributed by atoms with Crippen molar-refractivity contribution in [3.05, 3.63) is 29.6 Å². The highest BCUT2D eigenvalue weighted by molar-refractivity contribution is 5.30. The second-order valence-corrected chi connectivity index (χ2v) is 5.69. The van der Waals surface area contributed by atoms with E-state index in [0.29, 0.717) is 17.7 Å². The van der Waals surface area contributed by atoms with Crippen LogP contribution in [0.5, 0.6) is 5.75 Å². The molecule has 1 fully saturated rings. The van der Waals surface area contributed by atoms with Crippen LogP contribution in [0.15, 0.2) is 18.2 Å². The van der Waals surface area contributed by atoms with Gasteiger partial charge >= 0.3 is 0 Å². The smallest absolute Gasteiger partial charge is 0.167 e. The van der Waals surface area contributed by atoms with Crippen LogP contribution in [0, 0.1) is 12.7 Å². The average Bonchev–Trinajstić information content (AvgIpc) is 2.45. The molecular weight excluding hydrogens is 257 g/mol. The van der Waals surface area contributed by atoms with E-state index in [1.807, 2.05) is 6.92 Å². The molecule has 4 heteroatoms. The summed E-state index contributed by atoms with van der Waals surface area (Å²) < 4.78 is 19.8. The van der Waals surface area contributed by atoms with Crippen molar-refractivity contribution in [2.75, 3.05) is 13.2 Å². The molecule has 0 saturated heterocycles. The van der Waals surface area contributed by atoms with Crippen LogP contribution in [0.3, 0.4) is 0 Å². The monoisotopic (exact) mass is 281 g/mol. The average molecular weight is 281 g/mol. The Kier molecular flexibility index (Phi) is 5.00. The Balaban J connectivity index is 2.07. The molecule has 0 spiro atoms. The largest absolute Gasteiger partial charge is 0.487 e. The zero-order valence-corrected chi connectivity index (χ0v) is 12.3. The summed E-state index contributed by atoms with van der Waals surface area (Å²) in [6.07, 6.45) is 3.48. The number of likely N-dealkylation sites (N-methyl/N-ethyl adjacent to an activating group) is 1. The lowest BCUT2D eigenvalue weighted by atomic mass is 9.80. The van der Waals surface area contributed by atoms with E-state index in [9.17, 15) is 9.50 Å². The van der Waals surface area contributed by atoms with E-state index in [0.717, 1.165) is 25.8 Å². The van der Waals surface area contributed by atoms with Gasteiger partial charge in [-0.15, -0.1) is 0 Å². The van der Waals surface area contributed by atoms with Gasteiger partial charge in [0.1, 0.15) is 6.10 Å². The highest BCUT2D eigenvalue weighted by atomic mass is 19.1. The molecule has 1 saturated carbocycles. The maximum atomic E-state index is 14.0. The van der Waals surface area contributed by atoms with Crippen molar-refractivity contribution >= 4 is 0 Å². The second-order valence-electron chi connectivity index (χ2n) is 5.69. The lowest BCUT2D eigenvalue weighted by Gasteiger charge is -2.40. The molecule has 0 aliphatic heterocycles. The van der Waals surface area contributed by atoms with E-state index in [2.05, 4.69) is 5.32 Å². The SMILES string of the molecule is CCNC1(CO)CCCC(Oc2cccc(C)c2F)C1. The quantitative estimate of drug-likeness (QED) is 0.872. The minimum Gasteiger partial charge on any atom is -0.487 e. The fourth-order valence-corrected chi connectivity index (χ4v) is 3.03. The summed E-state index contributed by atoms with van der Waals surface area (Å²) in [7, 11) is 0. The molecule has 112 valence electrons. The van der Waals surface area contributed by atoms with Crippen LogP contribution in [0.4, 0.5) is 4.39 Å². The van der Waals surface area contributed by atoms with Crippen LogP contribution >= 0.6 is 0 Å². The summed E-state index contributed by atoms with van der Waals surface area (Å²) in [5.74, 6) is 0.0383. The van der Waals surface area contributed by atoms with Crippen LogP contribution in [0.1, 0.15) is 38.2 Å². The fraction of sp³-hybridized carbons (Fsp3) is 0.625. The van der Waals surface area contributed by atoms with E-state index in [1.165, 1.54) is 0 Å². The predicted molar refractivity (Wildman–Crippen MR) is 77.5 cm³/mol. The maximum Gasteiger partial charge on any atom is 0.167 e. The van der Waals surface area contributed by atoms with E-state index in [-0.39, 0.29) is 24.1 Å². The van der Waals surface area contributed by atoms with Gasteiger partial charge in [-0.1, -0.05) is 19.1 Å².